The molecule has 0 radical (unpaired) electrons. The molecule has 0 aliphatic rings. The van der Waals surface area contributed by atoms with Gasteiger partial charge in [-0.2, -0.15) is 0 Å². The van der Waals surface area contributed by atoms with Crippen molar-refractivity contribution >= 4 is 13.6 Å². The molecule has 1 unspecified atom stereocenters. The lowest BCUT2D eigenvalue weighted by atomic mass is 10.4. The Hall–Kier alpha value is -0.420. The van der Waals surface area contributed by atoms with Gasteiger partial charge in [0.1, 0.15) is 0 Å². The second-order valence-electron chi connectivity index (χ2n) is 2.22. The molecule has 0 aliphatic carbocycles. The molecule has 0 aromatic rings. The van der Waals surface area contributed by atoms with Crippen LogP contribution < -0.4 is 0 Å². The number of carboxylic acid groups (broad SMARTS) is 1. The molecule has 78 valence electrons. The second kappa shape index (κ2) is 5.34. The van der Waals surface area contributed by atoms with Crippen LogP contribution in [0.3, 0.4) is 0 Å². The summed E-state index contributed by atoms with van der Waals surface area (Å²) in [6.07, 6.45) is -1.48. The van der Waals surface area contributed by atoms with E-state index in [4.69, 9.17) is 5.11 Å². The Balaban J connectivity index is 4.37. The van der Waals surface area contributed by atoms with E-state index >= 15 is 0 Å². The van der Waals surface area contributed by atoms with Crippen molar-refractivity contribution in [3.05, 3.63) is 0 Å². The molecule has 0 spiro atoms. The van der Waals surface area contributed by atoms with E-state index in [1.165, 1.54) is 21.3 Å². The van der Waals surface area contributed by atoms with Crippen molar-refractivity contribution < 1.29 is 28.3 Å². The first-order valence-electron chi connectivity index (χ1n) is 3.45. The minimum atomic E-state index is -3.31. The molecule has 7 heteroatoms. The summed E-state index contributed by atoms with van der Waals surface area (Å²) in [5.41, 5.74) is 0. The quantitative estimate of drug-likeness (QED) is 0.648. The normalized spacial score (nSPS) is 14.1. The van der Waals surface area contributed by atoms with Gasteiger partial charge in [-0.05, 0) is 0 Å². The van der Waals surface area contributed by atoms with Gasteiger partial charge in [-0.15, -0.1) is 0 Å². The summed E-state index contributed by atoms with van der Waals surface area (Å²) in [4.78, 5) is 10.5. The highest BCUT2D eigenvalue weighted by Crippen LogP contribution is 2.47. The molecule has 0 aromatic carbocycles. The minimum absolute atomic E-state index is 0.300. The first-order valence-corrected chi connectivity index (χ1v) is 5.18. The third-order valence-electron chi connectivity index (χ3n) is 1.51. The number of rotatable bonds is 6. The molecule has 0 saturated carbocycles. The molecule has 0 amide bonds. The highest BCUT2D eigenvalue weighted by Gasteiger charge is 2.30. The van der Waals surface area contributed by atoms with Crippen molar-refractivity contribution in [2.75, 3.05) is 27.5 Å². The molecule has 0 rings (SSSR count). The van der Waals surface area contributed by atoms with Crippen LogP contribution in [0.5, 0.6) is 0 Å². The van der Waals surface area contributed by atoms with Crippen molar-refractivity contribution in [3.63, 3.8) is 0 Å². The third-order valence-corrected chi connectivity index (χ3v) is 3.40. The molecular formula is C6H13O6P. The number of methoxy groups -OCH3 is 1. The predicted molar refractivity (Wildman–Crippen MR) is 44.9 cm³/mol. The summed E-state index contributed by atoms with van der Waals surface area (Å²) in [6.45, 7) is 0. The van der Waals surface area contributed by atoms with Crippen molar-refractivity contribution in [2.24, 2.45) is 0 Å². The number of aliphatic carboxylic acids is 1. The molecule has 13 heavy (non-hydrogen) atoms. The summed E-state index contributed by atoms with van der Waals surface area (Å²) in [5, 5.41) is 8.57. The summed E-state index contributed by atoms with van der Waals surface area (Å²) in [6, 6.07) is 0. The van der Waals surface area contributed by atoms with Crippen LogP contribution in [0.4, 0.5) is 0 Å². The Morgan fingerprint density at radius 2 is 1.85 bits per heavy atom. The molecule has 0 fully saturated rings. The number of carbonyl (C=O) groups is 1. The van der Waals surface area contributed by atoms with Gasteiger partial charge in [-0.3, -0.25) is 4.57 Å². The van der Waals surface area contributed by atoms with Crippen LogP contribution in [0.1, 0.15) is 0 Å². The van der Waals surface area contributed by atoms with Gasteiger partial charge in [0.15, 0.2) is 6.10 Å². The third kappa shape index (κ3) is 3.87. The van der Waals surface area contributed by atoms with Crippen LogP contribution in [-0.4, -0.2) is 44.7 Å². The lowest BCUT2D eigenvalue weighted by molar-refractivity contribution is -0.147. The largest absolute Gasteiger partial charge is 0.479 e. The maximum absolute atomic E-state index is 11.4. The van der Waals surface area contributed by atoms with Crippen LogP contribution in [0.15, 0.2) is 0 Å². The fourth-order valence-electron chi connectivity index (χ4n) is 0.680. The molecule has 0 saturated heterocycles. The van der Waals surface area contributed by atoms with E-state index in [9.17, 15) is 9.36 Å². The fourth-order valence-corrected chi connectivity index (χ4v) is 1.84. The first kappa shape index (κ1) is 12.6. The van der Waals surface area contributed by atoms with Crippen molar-refractivity contribution in [1.82, 2.24) is 0 Å². The predicted octanol–water partition coefficient (Wildman–Crippen LogP) is 0.572. The van der Waals surface area contributed by atoms with Crippen LogP contribution in [0.2, 0.25) is 0 Å². The Kier molecular flexibility index (Phi) is 5.17. The van der Waals surface area contributed by atoms with Crippen molar-refractivity contribution in [2.45, 2.75) is 6.10 Å². The summed E-state index contributed by atoms with van der Waals surface area (Å²) < 4.78 is 25.1. The SMILES string of the molecule is COC(CP(=O)(OC)OC)C(=O)O. The molecule has 0 bridgehead atoms. The highest BCUT2D eigenvalue weighted by atomic mass is 31.2. The molecule has 1 atom stereocenters. The highest BCUT2D eigenvalue weighted by molar-refractivity contribution is 7.53. The second-order valence-corrected chi connectivity index (χ2v) is 4.54. The Bertz CT molecular complexity index is 207. The Labute approximate surface area is 76.3 Å². The van der Waals surface area contributed by atoms with E-state index in [0.717, 1.165) is 0 Å². The number of hydrogen-bond donors (Lipinski definition) is 1. The first-order chi connectivity index (χ1) is 5.99. The van der Waals surface area contributed by atoms with Gasteiger partial charge in [0.2, 0.25) is 0 Å². The van der Waals surface area contributed by atoms with Gasteiger partial charge in [0.05, 0.1) is 6.16 Å². The standard InChI is InChI=1S/C6H13O6P/c1-10-5(6(7)8)4-13(9,11-2)12-3/h5H,4H2,1-3H3,(H,7,8). The van der Waals surface area contributed by atoms with E-state index in [1.54, 1.807) is 0 Å². The maximum Gasteiger partial charge on any atom is 0.333 e. The molecule has 0 aliphatic heterocycles. The molecule has 1 N–H and O–H groups in total. The van der Waals surface area contributed by atoms with Gasteiger partial charge in [0, 0.05) is 21.3 Å². The van der Waals surface area contributed by atoms with Crippen LogP contribution in [0.25, 0.3) is 0 Å². The average Bonchev–Trinajstić information content (AvgIpc) is 2.13. The fraction of sp³-hybridized carbons (Fsp3) is 0.833. The zero-order valence-corrected chi connectivity index (χ0v) is 8.61. The average molecular weight is 212 g/mol. The number of hydrogen-bond acceptors (Lipinski definition) is 5. The summed E-state index contributed by atoms with van der Waals surface area (Å²) >= 11 is 0. The lowest BCUT2D eigenvalue weighted by Gasteiger charge is -2.17. The number of carboxylic acids is 1. The maximum atomic E-state index is 11.4. The monoisotopic (exact) mass is 212 g/mol. The smallest absolute Gasteiger partial charge is 0.333 e. The molecule has 0 aromatic heterocycles. The van der Waals surface area contributed by atoms with Crippen LogP contribution in [0, 0.1) is 0 Å². The van der Waals surface area contributed by atoms with Gasteiger partial charge in [0.25, 0.3) is 0 Å². The van der Waals surface area contributed by atoms with Gasteiger partial charge in [-0.1, -0.05) is 0 Å². The Morgan fingerprint density at radius 3 is 2.08 bits per heavy atom. The molecular weight excluding hydrogens is 199 g/mol. The lowest BCUT2D eigenvalue weighted by Crippen LogP contribution is -2.26. The molecule has 0 heterocycles. The van der Waals surface area contributed by atoms with E-state index in [0.29, 0.717) is 0 Å². The zero-order chi connectivity index (χ0) is 10.5. The van der Waals surface area contributed by atoms with Crippen LogP contribution >= 0.6 is 7.60 Å². The van der Waals surface area contributed by atoms with Crippen molar-refractivity contribution in [3.8, 4) is 0 Å². The van der Waals surface area contributed by atoms with E-state index in [1.807, 2.05) is 0 Å². The number of ether oxygens (including phenoxy) is 1. The van der Waals surface area contributed by atoms with E-state index in [2.05, 4.69) is 13.8 Å². The van der Waals surface area contributed by atoms with Gasteiger partial charge >= 0.3 is 13.6 Å². The van der Waals surface area contributed by atoms with E-state index < -0.39 is 19.7 Å². The Morgan fingerprint density at radius 1 is 1.38 bits per heavy atom. The molecule has 6 nitrogen and oxygen atoms in total. The summed E-state index contributed by atoms with van der Waals surface area (Å²) in [7, 11) is 0.290. The summed E-state index contributed by atoms with van der Waals surface area (Å²) in [5.74, 6) is -1.20. The van der Waals surface area contributed by atoms with E-state index in [-0.39, 0.29) is 6.16 Å². The zero-order valence-electron chi connectivity index (χ0n) is 7.72. The van der Waals surface area contributed by atoms with Crippen LogP contribution in [-0.2, 0) is 23.1 Å². The minimum Gasteiger partial charge on any atom is -0.479 e. The van der Waals surface area contributed by atoms with Gasteiger partial charge in [-0.25, -0.2) is 4.79 Å². The van der Waals surface area contributed by atoms with Gasteiger partial charge < -0.3 is 18.9 Å². The topological polar surface area (TPSA) is 82.1 Å². The van der Waals surface area contributed by atoms with Crippen molar-refractivity contribution in [1.29, 1.82) is 0 Å².